The van der Waals surface area contributed by atoms with E-state index < -0.39 is 9.84 Å². The van der Waals surface area contributed by atoms with Gasteiger partial charge in [0.2, 0.25) is 0 Å². The molecule has 0 unspecified atom stereocenters. The van der Waals surface area contributed by atoms with Gasteiger partial charge in [0.15, 0.2) is 9.84 Å². The summed E-state index contributed by atoms with van der Waals surface area (Å²) < 4.78 is 24.1. The number of hydrogen-bond acceptors (Lipinski definition) is 2. The summed E-state index contributed by atoms with van der Waals surface area (Å²) >= 11 is 0. The van der Waals surface area contributed by atoms with Crippen molar-refractivity contribution < 1.29 is 8.42 Å². The average molecular weight is 323 g/mol. The van der Waals surface area contributed by atoms with Gasteiger partial charge in [0.05, 0.1) is 10.6 Å². The van der Waals surface area contributed by atoms with Crippen LogP contribution in [-0.4, -0.2) is 14.2 Å². The van der Waals surface area contributed by atoms with E-state index in [2.05, 4.69) is 13.5 Å². The summed E-state index contributed by atoms with van der Waals surface area (Å²) in [6.07, 6.45) is 12.3. The molecule has 0 N–H and O–H groups in total. The standard InChI is InChI=1S/C19H30O2S/c1-3-5-7-8-9-10-11-12-18-13-15-19(16-14-18)22(20,21)17-6-4-2/h4,13-16H,2-3,5-12,17H2,1H3. The Bertz CT molecular complexity index is 515. The van der Waals surface area contributed by atoms with Crippen molar-refractivity contribution in [2.24, 2.45) is 0 Å². The average Bonchev–Trinajstić information content (AvgIpc) is 2.52. The van der Waals surface area contributed by atoms with Gasteiger partial charge in [-0.2, -0.15) is 0 Å². The van der Waals surface area contributed by atoms with Gasteiger partial charge in [0, 0.05) is 0 Å². The highest BCUT2D eigenvalue weighted by Gasteiger charge is 2.12. The number of benzene rings is 1. The normalized spacial score (nSPS) is 11.5. The minimum Gasteiger partial charge on any atom is -0.224 e. The Hall–Kier alpha value is -1.09. The van der Waals surface area contributed by atoms with Gasteiger partial charge >= 0.3 is 0 Å². The fourth-order valence-corrected chi connectivity index (χ4v) is 3.77. The van der Waals surface area contributed by atoms with E-state index in [1.54, 1.807) is 18.2 Å². The van der Waals surface area contributed by atoms with E-state index in [0.29, 0.717) is 11.3 Å². The third kappa shape index (κ3) is 7.26. The predicted molar refractivity (Wildman–Crippen MR) is 95.0 cm³/mol. The molecular weight excluding hydrogens is 292 g/mol. The molecule has 3 heteroatoms. The summed E-state index contributed by atoms with van der Waals surface area (Å²) in [4.78, 5) is 0.428. The van der Waals surface area contributed by atoms with Crippen LogP contribution in [-0.2, 0) is 16.3 Å². The third-order valence-electron chi connectivity index (χ3n) is 3.94. The molecule has 0 aliphatic carbocycles. The van der Waals surface area contributed by atoms with E-state index in [9.17, 15) is 8.42 Å². The van der Waals surface area contributed by atoms with Crippen molar-refractivity contribution in [2.75, 3.05) is 5.75 Å². The quantitative estimate of drug-likeness (QED) is 0.385. The molecule has 0 amide bonds. The second kappa shape index (κ2) is 10.6. The molecular formula is C19H30O2S. The first kappa shape index (κ1) is 19.0. The number of sulfone groups is 1. The van der Waals surface area contributed by atoms with E-state index in [0.717, 1.165) is 6.42 Å². The van der Waals surface area contributed by atoms with E-state index in [-0.39, 0.29) is 5.75 Å². The van der Waals surface area contributed by atoms with Gasteiger partial charge in [-0.05, 0) is 37.0 Å². The molecule has 0 aromatic heterocycles. The van der Waals surface area contributed by atoms with Crippen molar-refractivity contribution in [3.63, 3.8) is 0 Å². The number of hydrogen-bond donors (Lipinski definition) is 0. The Labute approximate surface area is 136 Å². The fraction of sp³-hybridized carbons (Fsp3) is 0.579. The van der Waals surface area contributed by atoms with Gasteiger partial charge < -0.3 is 0 Å². The number of allylic oxidation sites excluding steroid dienone is 1. The van der Waals surface area contributed by atoms with Crippen molar-refractivity contribution >= 4 is 9.84 Å². The molecule has 1 aromatic rings. The lowest BCUT2D eigenvalue weighted by molar-refractivity contribution is 0.589. The molecule has 124 valence electrons. The Balaban J connectivity index is 2.34. The van der Waals surface area contributed by atoms with Crippen LogP contribution < -0.4 is 0 Å². The monoisotopic (exact) mass is 322 g/mol. The molecule has 0 heterocycles. The molecule has 0 aliphatic rings. The zero-order chi connectivity index (χ0) is 16.3. The van der Waals surface area contributed by atoms with E-state index >= 15 is 0 Å². The van der Waals surface area contributed by atoms with E-state index in [1.165, 1.54) is 50.5 Å². The molecule has 22 heavy (non-hydrogen) atoms. The van der Waals surface area contributed by atoms with Crippen molar-refractivity contribution in [3.8, 4) is 0 Å². The molecule has 1 rings (SSSR count). The molecule has 0 saturated heterocycles. The maximum absolute atomic E-state index is 12.0. The van der Waals surface area contributed by atoms with Crippen LogP contribution in [0, 0.1) is 0 Å². The lowest BCUT2D eigenvalue weighted by Crippen LogP contribution is -2.06. The Morgan fingerprint density at radius 2 is 1.55 bits per heavy atom. The molecule has 0 aliphatic heterocycles. The maximum Gasteiger partial charge on any atom is 0.178 e. The summed E-state index contributed by atoms with van der Waals surface area (Å²) in [5.41, 5.74) is 1.23. The minimum absolute atomic E-state index is 0.146. The Morgan fingerprint density at radius 3 is 2.14 bits per heavy atom. The highest BCUT2D eigenvalue weighted by atomic mass is 32.2. The van der Waals surface area contributed by atoms with Crippen LogP contribution in [0.5, 0.6) is 0 Å². The van der Waals surface area contributed by atoms with Gasteiger partial charge in [0.25, 0.3) is 0 Å². The fourth-order valence-electron chi connectivity index (χ4n) is 2.51. The molecule has 0 spiro atoms. The summed E-state index contributed by atoms with van der Waals surface area (Å²) in [6, 6.07) is 7.40. The summed E-state index contributed by atoms with van der Waals surface area (Å²) in [7, 11) is -3.15. The number of aryl methyl sites for hydroxylation is 1. The molecule has 0 radical (unpaired) electrons. The first-order valence-corrected chi connectivity index (χ1v) is 10.2. The predicted octanol–water partition coefficient (Wildman–Crippen LogP) is 5.33. The van der Waals surface area contributed by atoms with E-state index in [4.69, 9.17) is 0 Å². The van der Waals surface area contributed by atoms with E-state index in [1.807, 2.05) is 12.1 Å². The molecule has 0 saturated carbocycles. The van der Waals surface area contributed by atoms with Crippen LogP contribution in [0.3, 0.4) is 0 Å². The van der Waals surface area contributed by atoms with Crippen molar-refractivity contribution in [1.82, 2.24) is 0 Å². The highest BCUT2D eigenvalue weighted by Crippen LogP contribution is 2.16. The summed E-state index contributed by atoms with van der Waals surface area (Å²) in [6.45, 7) is 5.81. The van der Waals surface area contributed by atoms with Gasteiger partial charge in [-0.15, -0.1) is 6.58 Å². The number of rotatable bonds is 12. The van der Waals surface area contributed by atoms with Gasteiger partial charge in [-0.1, -0.05) is 63.7 Å². The Kier molecular flexibility index (Phi) is 9.14. The van der Waals surface area contributed by atoms with Crippen molar-refractivity contribution in [1.29, 1.82) is 0 Å². The van der Waals surface area contributed by atoms with Gasteiger partial charge in [-0.25, -0.2) is 8.42 Å². The topological polar surface area (TPSA) is 34.1 Å². The summed E-state index contributed by atoms with van der Waals surface area (Å²) in [5.74, 6) is 0.146. The first-order valence-electron chi connectivity index (χ1n) is 8.52. The van der Waals surface area contributed by atoms with Crippen molar-refractivity contribution in [2.45, 2.75) is 69.6 Å². The van der Waals surface area contributed by atoms with Crippen molar-refractivity contribution in [3.05, 3.63) is 42.5 Å². The summed E-state index contributed by atoms with van der Waals surface area (Å²) in [5, 5.41) is 0. The van der Waals surface area contributed by atoms with Crippen LogP contribution in [0.15, 0.2) is 41.8 Å². The second-order valence-corrected chi connectivity index (χ2v) is 8.02. The first-order chi connectivity index (χ1) is 10.6. The molecule has 2 nitrogen and oxygen atoms in total. The molecule has 0 atom stereocenters. The maximum atomic E-state index is 12.0. The minimum atomic E-state index is -3.15. The largest absolute Gasteiger partial charge is 0.224 e. The molecule has 1 aromatic carbocycles. The van der Waals surface area contributed by atoms with Crippen LogP contribution in [0.4, 0.5) is 0 Å². The SMILES string of the molecule is C=CCCS(=O)(=O)c1ccc(CCCCCCCCC)cc1. The van der Waals surface area contributed by atoms with Gasteiger partial charge in [0.1, 0.15) is 0 Å². The lowest BCUT2D eigenvalue weighted by atomic mass is 10.0. The van der Waals surface area contributed by atoms with Crippen LogP contribution in [0.2, 0.25) is 0 Å². The smallest absolute Gasteiger partial charge is 0.178 e. The Morgan fingerprint density at radius 1 is 0.955 bits per heavy atom. The second-order valence-electron chi connectivity index (χ2n) is 5.91. The zero-order valence-electron chi connectivity index (χ0n) is 13.9. The molecule has 0 bridgehead atoms. The molecule has 0 fully saturated rings. The highest BCUT2D eigenvalue weighted by molar-refractivity contribution is 7.91. The zero-order valence-corrected chi connectivity index (χ0v) is 14.7. The third-order valence-corrected chi connectivity index (χ3v) is 5.71. The number of unbranched alkanes of at least 4 members (excludes halogenated alkanes) is 6. The lowest BCUT2D eigenvalue weighted by Gasteiger charge is -2.05. The van der Waals surface area contributed by atoms with Crippen LogP contribution >= 0.6 is 0 Å². The van der Waals surface area contributed by atoms with Crippen LogP contribution in [0.25, 0.3) is 0 Å². The van der Waals surface area contributed by atoms with Crippen LogP contribution in [0.1, 0.15) is 63.9 Å². The van der Waals surface area contributed by atoms with Gasteiger partial charge in [-0.3, -0.25) is 0 Å².